The number of benzene rings is 1. The van der Waals surface area contributed by atoms with E-state index in [1.807, 2.05) is 30.3 Å². The van der Waals surface area contributed by atoms with Gasteiger partial charge in [-0.05, 0) is 23.5 Å². The minimum atomic E-state index is 0. The first-order valence-corrected chi connectivity index (χ1v) is 5.83. The van der Waals surface area contributed by atoms with E-state index in [0.29, 0.717) is 5.01 Å². The molecule has 0 fully saturated rings. The van der Waals surface area contributed by atoms with Gasteiger partial charge in [0.05, 0.1) is 16.9 Å². The Bertz CT molecular complexity index is 677. The Morgan fingerprint density at radius 1 is 1.28 bits per heavy atom. The number of aromatic nitrogens is 4. The van der Waals surface area contributed by atoms with Crippen molar-refractivity contribution in [2.45, 2.75) is 0 Å². The van der Waals surface area contributed by atoms with Crippen LogP contribution in [0.25, 0.3) is 22.4 Å². The zero-order valence-corrected chi connectivity index (χ0v) is 11.5. The molecule has 0 saturated carbocycles. The number of fused-ring (bicyclic) bond motifs is 1. The van der Waals surface area contributed by atoms with Crippen molar-refractivity contribution in [1.29, 1.82) is 0 Å². The highest BCUT2D eigenvalue weighted by Crippen LogP contribution is 2.15. The first-order valence-electron chi connectivity index (χ1n) is 5.02. The highest BCUT2D eigenvalue weighted by atomic mass is 79.9. The summed E-state index contributed by atoms with van der Waals surface area (Å²) >= 11 is 1.40. The summed E-state index contributed by atoms with van der Waals surface area (Å²) in [6.45, 7) is 0. The summed E-state index contributed by atoms with van der Waals surface area (Å²) in [5.41, 5.74) is 1.02. The van der Waals surface area contributed by atoms with Crippen LogP contribution in [0.15, 0.2) is 36.6 Å². The van der Waals surface area contributed by atoms with Crippen LogP contribution in [-0.4, -0.2) is 20.4 Å². The van der Waals surface area contributed by atoms with E-state index >= 15 is 0 Å². The van der Waals surface area contributed by atoms with E-state index in [1.54, 1.807) is 4.52 Å². The second-order valence-electron chi connectivity index (χ2n) is 3.39. The van der Waals surface area contributed by atoms with Crippen LogP contribution in [0, 0.1) is 0 Å². The molecule has 0 spiro atoms. The molecule has 92 valence electrons. The van der Waals surface area contributed by atoms with Crippen LogP contribution < -0.4 is 21.5 Å². The van der Waals surface area contributed by atoms with Crippen molar-refractivity contribution in [3.05, 3.63) is 41.6 Å². The van der Waals surface area contributed by atoms with E-state index in [4.69, 9.17) is 5.11 Å². The highest BCUT2D eigenvalue weighted by Gasteiger charge is 2.19. The average molecular weight is 325 g/mol. The number of H-pyrrole nitrogens is 1. The molecule has 2 N–H and O–H groups in total. The third-order valence-electron chi connectivity index (χ3n) is 2.31. The van der Waals surface area contributed by atoms with Gasteiger partial charge in [-0.15, -0.1) is 5.10 Å². The molecule has 0 unspecified atom stereocenters. The SMILES string of the molecule is O/C=C/c1n[n+]2c(-c3ccccc3)[nH]nc2s1.[Br-]. The molecule has 5 nitrogen and oxygen atoms in total. The van der Waals surface area contributed by atoms with Gasteiger partial charge in [-0.1, -0.05) is 27.8 Å². The van der Waals surface area contributed by atoms with Crippen molar-refractivity contribution in [3.8, 4) is 11.4 Å². The molecule has 1 aromatic carbocycles. The predicted molar refractivity (Wildman–Crippen MR) is 64.5 cm³/mol. The lowest BCUT2D eigenvalue weighted by atomic mass is 10.2. The van der Waals surface area contributed by atoms with Gasteiger partial charge in [0.15, 0.2) is 5.01 Å². The molecule has 7 heteroatoms. The second kappa shape index (κ2) is 5.28. The topological polar surface area (TPSA) is 65.9 Å². The van der Waals surface area contributed by atoms with Gasteiger partial charge in [-0.3, -0.25) is 0 Å². The molecule has 0 radical (unpaired) electrons. The minimum absolute atomic E-state index is 0. The van der Waals surface area contributed by atoms with Crippen molar-refractivity contribution in [2.75, 3.05) is 0 Å². The lowest BCUT2D eigenvalue weighted by molar-refractivity contribution is -0.564. The Labute approximate surface area is 117 Å². The molecule has 0 aliphatic heterocycles. The Morgan fingerprint density at radius 2 is 2.06 bits per heavy atom. The molecule has 0 bridgehead atoms. The third kappa shape index (κ3) is 2.14. The molecule has 0 aliphatic rings. The number of aliphatic hydroxyl groups excluding tert-OH is 1. The fraction of sp³-hybridized carbons (Fsp3) is 0. The molecule has 0 aliphatic carbocycles. The van der Waals surface area contributed by atoms with E-state index in [9.17, 15) is 0 Å². The van der Waals surface area contributed by atoms with Crippen LogP contribution >= 0.6 is 11.3 Å². The van der Waals surface area contributed by atoms with Gasteiger partial charge in [0.25, 0.3) is 5.82 Å². The van der Waals surface area contributed by atoms with Crippen LogP contribution in [0.3, 0.4) is 0 Å². The Hall–Kier alpha value is -1.73. The van der Waals surface area contributed by atoms with Crippen LogP contribution in [-0.2, 0) is 0 Å². The molecule has 0 amide bonds. The fourth-order valence-electron chi connectivity index (χ4n) is 1.58. The van der Waals surface area contributed by atoms with E-state index in [-0.39, 0.29) is 17.0 Å². The first kappa shape index (κ1) is 12.7. The summed E-state index contributed by atoms with van der Waals surface area (Å²) in [4.78, 5) is 0.761. The van der Waals surface area contributed by atoms with E-state index < -0.39 is 0 Å². The number of rotatable bonds is 2. The van der Waals surface area contributed by atoms with E-state index in [0.717, 1.165) is 22.6 Å². The van der Waals surface area contributed by atoms with Gasteiger partial charge >= 0.3 is 4.96 Å². The van der Waals surface area contributed by atoms with Crippen molar-refractivity contribution in [3.63, 3.8) is 0 Å². The van der Waals surface area contributed by atoms with Gasteiger partial charge in [0.2, 0.25) is 0 Å². The molecule has 3 rings (SSSR count). The highest BCUT2D eigenvalue weighted by molar-refractivity contribution is 7.16. The normalized spacial score (nSPS) is 10.9. The molecule has 2 aromatic heterocycles. The average Bonchev–Trinajstić information content (AvgIpc) is 2.90. The summed E-state index contributed by atoms with van der Waals surface area (Å²) in [7, 11) is 0. The molecule has 18 heavy (non-hydrogen) atoms. The van der Waals surface area contributed by atoms with Crippen LogP contribution in [0.5, 0.6) is 0 Å². The summed E-state index contributed by atoms with van der Waals surface area (Å²) in [5, 5.41) is 20.9. The predicted octanol–water partition coefficient (Wildman–Crippen LogP) is -1.20. The minimum Gasteiger partial charge on any atom is -1.00 e. The third-order valence-corrected chi connectivity index (χ3v) is 3.18. The lowest BCUT2D eigenvalue weighted by Crippen LogP contribution is -3.00. The van der Waals surface area contributed by atoms with Gasteiger partial charge < -0.3 is 22.1 Å². The summed E-state index contributed by atoms with van der Waals surface area (Å²) in [5.74, 6) is 0.828. The standard InChI is InChI=1S/C11H8N4OS.BrH/c16-7-6-9-14-15-10(12-13-11(15)17-9)8-4-2-1-3-5-8;/h1-7H,(H,14,16);1H. The number of hydrogen-bond donors (Lipinski definition) is 2. The largest absolute Gasteiger partial charge is 1.00 e. The number of nitrogens with one attached hydrogen (secondary N) is 1. The molecular weight excluding hydrogens is 316 g/mol. The van der Waals surface area contributed by atoms with E-state index in [1.165, 1.54) is 17.4 Å². The first-order chi connectivity index (χ1) is 8.38. The maximum atomic E-state index is 8.72. The number of hydrogen-bond acceptors (Lipinski definition) is 4. The number of aliphatic hydroxyl groups is 1. The van der Waals surface area contributed by atoms with Crippen LogP contribution in [0.4, 0.5) is 0 Å². The van der Waals surface area contributed by atoms with Crippen LogP contribution in [0.2, 0.25) is 0 Å². The Morgan fingerprint density at radius 3 is 2.78 bits per heavy atom. The Balaban J connectivity index is 0.00000120. The van der Waals surface area contributed by atoms with Gasteiger partial charge in [-0.2, -0.15) is 0 Å². The summed E-state index contributed by atoms with van der Waals surface area (Å²) in [6, 6.07) is 9.86. The number of nitrogens with zero attached hydrogens (tertiary/aromatic N) is 3. The number of aromatic amines is 1. The van der Waals surface area contributed by atoms with Crippen molar-refractivity contribution in [1.82, 2.24) is 15.3 Å². The Kier molecular flexibility index (Phi) is 3.73. The lowest BCUT2D eigenvalue weighted by Gasteiger charge is -1.90. The maximum absolute atomic E-state index is 8.72. The zero-order chi connectivity index (χ0) is 11.7. The van der Waals surface area contributed by atoms with Crippen molar-refractivity contribution >= 4 is 22.4 Å². The monoisotopic (exact) mass is 324 g/mol. The number of halogens is 1. The quantitative estimate of drug-likeness (QED) is 0.460. The summed E-state index contributed by atoms with van der Waals surface area (Å²) < 4.78 is 1.73. The molecule has 0 atom stereocenters. The molecular formula is C11H9BrN4OS. The maximum Gasteiger partial charge on any atom is 0.384 e. The second-order valence-corrected chi connectivity index (χ2v) is 4.38. The fourth-order valence-corrected chi connectivity index (χ4v) is 2.32. The van der Waals surface area contributed by atoms with Crippen LogP contribution in [0.1, 0.15) is 5.01 Å². The van der Waals surface area contributed by atoms with Crippen molar-refractivity contribution < 1.29 is 26.6 Å². The van der Waals surface area contributed by atoms with E-state index in [2.05, 4.69) is 15.3 Å². The smallest absolute Gasteiger partial charge is 0.384 e. The van der Waals surface area contributed by atoms with Gasteiger partial charge in [0, 0.05) is 6.08 Å². The molecule has 0 saturated heterocycles. The summed E-state index contributed by atoms with van der Waals surface area (Å²) in [6.07, 6.45) is 2.51. The molecule has 2 heterocycles. The zero-order valence-electron chi connectivity index (χ0n) is 9.12. The van der Waals surface area contributed by atoms with Crippen molar-refractivity contribution in [2.24, 2.45) is 0 Å². The molecule has 3 aromatic rings. The van der Waals surface area contributed by atoms with Gasteiger partial charge in [-0.25, -0.2) is 0 Å². The van der Waals surface area contributed by atoms with Gasteiger partial charge in [0.1, 0.15) is 0 Å².